The molecule has 0 bridgehead atoms. The van der Waals surface area contributed by atoms with Crippen molar-refractivity contribution < 1.29 is 19.0 Å². The Bertz CT molecular complexity index is 836. The Hall–Kier alpha value is -0.870. The highest BCUT2D eigenvalue weighted by Gasteiger charge is 2.22. The van der Waals surface area contributed by atoms with Crippen LogP contribution in [0.25, 0.3) is 0 Å². The highest BCUT2D eigenvalue weighted by atomic mass is 127. The predicted octanol–water partition coefficient (Wildman–Crippen LogP) is 7.27. The lowest BCUT2D eigenvalue weighted by Crippen LogP contribution is -2.15. The summed E-state index contributed by atoms with van der Waals surface area (Å²) in [7, 11) is 0. The Balaban J connectivity index is 2.19. The molecule has 3 atom stereocenters. The van der Waals surface area contributed by atoms with E-state index in [4.69, 9.17) is 14.2 Å². The van der Waals surface area contributed by atoms with Crippen LogP contribution < -0.4 is 9.47 Å². The monoisotopic (exact) mass is 636 g/mol. The van der Waals surface area contributed by atoms with Crippen LogP contribution in [-0.2, 0) is 9.53 Å². The Labute approximate surface area is 207 Å². The minimum absolute atomic E-state index is 0.259. The van der Waals surface area contributed by atoms with E-state index in [0.717, 1.165) is 31.3 Å². The maximum Gasteiger partial charge on any atom is 0.308 e. The SMILES string of the molecule is CCOC(C)Oc1ccc(C(C)CC(CC)c2cc(I)cc(I)c2OC(C)=O)cc1. The number of benzene rings is 2. The molecular weight excluding hydrogens is 606 g/mol. The summed E-state index contributed by atoms with van der Waals surface area (Å²) in [6.07, 6.45) is 1.68. The quantitative estimate of drug-likeness (QED) is 0.119. The van der Waals surface area contributed by atoms with Gasteiger partial charge in [0.2, 0.25) is 0 Å². The molecule has 3 unspecified atom stereocenters. The summed E-state index contributed by atoms with van der Waals surface area (Å²) in [5, 5.41) is 0. The normalized spacial score (nSPS) is 14.1. The molecule has 6 heteroatoms. The molecule has 164 valence electrons. The van der Waals surface area contributed by atoms with Crippen LogP contribution in [0.2, 0.25) is 0 Å². The first-order valence-electron chi connectivity index (χ1n) is 10.3. The van der Waals surface area contributed by atoms with Crippen LogP contribution >= 0.6 is 45.2 Å². The fourth-order valence-electron chi connectivity index (χ4n) is 3.55. The number of carbonyl (C=O) groups excluding carboxylic acids is 1. The molecule has 0 saturated heterocycles. The lowest BCUT2D eigenvalue weighted by atomic mass is 9.84. The van der Waals surface area contributed by atoms with Gasteiger partial charge in [0.15, 0.2) is 6.29 Å². The van der Waals surface area contributed by atoms with Crippen molar-refractivity contribution in [1.82, 2.24) is 0 Å². The maximum absolute atomic E-state index is 11.7. The average molecular weight is 636 g/mol. The van der Waals surface area contributed by atoms with Crippen LogP contribution in [0, 0.1) is 7.14 Å². The van der Waals surface area contributed by atoms with Gasteiger partial charge < -0.3 is 14.2 Å². The van der Waals surface area contributed by atoms with Gasteiger partial charge in [-0.05, 0) is 114 Å². The van der Waals surface area contributed by atoms with Gasteiger partial charge in [-0.1, -0.05) is 26.0 Å². The number of hydrogen-bond acceptors (Lipinski definition) is 4. The van der Waals surface area contributed by atoms with Crippen molar-refractivity contribution in [1.29, 1.82) is 0 Å². The molecule has 0 N–H and O–H groups in total. The van der Waals surface area contributed by atoms with E-state index >= 15 is 0 Å². The molecule has 0 aromatic heterocycles. The first kappa shape index (κ1) is 25.4. The topological polar surface area (TPSA) is 44.8 Å². The summed E-state index contributed by atoms with van der Waals surface area (Å²) in [6, 6.07) is 12.4. The average Bonchev–Trinajstić information content (AvgIpc) is 2.68. The van der Waals surface area contributed by atoms with Crippen LogP contribution in [0.4, 0.5) is 0 Å². The van der Waals surface area contributed by atoms with Crippen molar-refractivity contribution in [2.45, 2.75) is 65.6 Å². The first-order chi connectivity index (χ1) is 14.2. The highest BCUT2D eigenvalue weighted by Crippen LogP contribution is 2.40. The van der Waals surface area contributed by atoms with E-state index in [2.05, 4.69) is 77.2 Å². The standard InChI is InChI=1S/C24H30I2O4/c1-6-18(22-13-20(25)14-23(26)24(22)29-16(4)27)12-15(3)19-8-10-21(11-9-19)30-17(5)28-7-2/h8-11,13-15,17-18H,6-7,12H2,1-5H3. The largest absolute Gasteiger partial charge is 0.465 e. The summed E-state index contributed by atoms with van der Waals surface area (Å²) >= 11 is 4.58. The van der Waals surface area contributed by atoms with E-state index in [-0.39, 0.29) is 12.3 Å². The summed E-state index contributed by atoms with van der Waals surface area (Å²) < 4.78 is 18.9. The zero-order valence-electron chi connectivity index (χ0n) is 18.2. The number of carbonyl (C=O) groups is 1. The van der Waals surface area contributed by atoms with Crippen molar-refractivity contribution in [2.24, 2.45) is 0 Å². The highest BCUT2D eigenvalue weighted by molar-refractivity contribution is 14.1. The van der Waals surface area contributed by atoms with E-state index < -0.39 is 0 Å². The Morgan fingerprint density at radius 2 is 1.73 bits per heavy atom. The van der Waals surface area contributed by atoms with Gasteiger partial charge in [0.05, 0.1) is 3.57 Å². The van der Waals surface area contributed by atoms with Crippen LogP contribution in [-0.4, -0.2) is 18.9 Å². The second-order valence-corrected chi connectivity index (χ2v) is 9.76. The maximum atomic E-state index is 11.7. The van der Waals surface area contributed by atoms with Crippen LogP contribution in [0.15, 0.2) is 36.4 Å². The molecule has 0 fully saturated rings. The smallest absolute Gasteiger partial charge is 0.308 e. The van der Waals surface area contributed by atoms with Crippen LogP contribution in [0.5, 0.6) is 11.5 Å². The molecule has 2 rings (SSSR count). The van der Waals surface area contributed by atoms with Gasteiger partial charge in [-0.25, -0.2) is 0 Å². The molecule has 0 aliphatic heterocycles. The number of rotatable bonds is 10. The zero-order chi connectivity index (χ0) is 22.3. The Morgan fingerprint density at radius 1 is 1.07 bits per heavy atom. The van der Waals surface area contributed by atoms with Crippen LogP contribution in [0.3, 0.4) is 0 Å². The molecule has 4 nitrogen and oxygen atoms in total. The molecule has 2 aromatic rings. The fourth-order valence-corrected chi connectivity index (χ4v) is 5.55. The number of halogens is 2. The van der Waals surface area contributed by atoms with E-state index in [9.17, 15) is 4.79 Å². The molecule has 0 amide bonds. The number of hydrogen-bond donors (Lipinski definition) is 0. The van der Waals surface area contributed by atoms with Gasteiger partial charge in [0, 0.05) is 22.7 Å². The molecule has 0 spiro atoms. The van der Waals surface area contributed by atoms with Gasteiger partial charge in [-0.2, -0.15) is 0 Å². The molecule has 0 saturated carbocycles. The minimum atomic E-state index is -0.282. The third-order valence-corrected chi connectivity index (χ3v) is 6.43. The molecule has 0 radical (unpaired) electrons. The lowest BCUT2D eigenvalue weighted by Gasteiger charge is -2.24. The van der Waals surface area contributed by atoms with Gasteiger partial charge in [-0.15, -0.1) is 0 Å². The second-order valence-electron chi connectivity index (χ2n) is 7.35. The van der Waals surface area contributed by atoms with E-state index in [1.807, 2.05) is 32.0 Å². The molecule has 2 aromatic carbocycles. The second kappa shape index (κ2) is 12.2. The van der Waals surface area contributed by atoms with E-state index in [1.54, 1.807) is 0 Å². The van der Waals surface area contributed by atoms with Gasteiger partial charge in [-0.3, -0.25) is 4.79 Å². The van der Waals surface area contributed by atoms with Gasteiger partial charge in [0.25, 0.3) is 0 Å². The van der Waals surface area contributed by atoms with Crippen molar-refractivity contribution in [3.05, 3.63) is 54.7 Å². The van der Waals surface area contributed by atoms with Crippen molar-refractivity contribution in [2.75, 3.05) is 6.61 Å². The van der Waals surface area contributed by atoms with Crippen molar-refractivity contribution in [3.63, 3.8) is 0 Å². The molecule has 0 aliphatic carbocycles. The van der Waals surface area contributed by atoms with Crippen LogP contribution in [0.1, 0.15) is 70.4 Å². The van der Waals surface area contributed by atoms with Gasteiger partial charge in [0.1, 0.15) is 11.5 Å². The summed E-state index contributed by atoms with van der Waals surface area (Å²) in [6.45, 7) is 10.4. The van der Waals surface area contributed by atoms with Crippen molar-refractivity contribution >= 4 is 51.2 Å². The Kier molecular flexibility index (Phi) is 10.4. The van der Waals surface area contributed by atoms with Gasteiger partial charge >= 0.3 is 5.97 Å². The predicted molar refractivity (Wildman–Crippen MR) is 137 cm³/mol. The molecule has 30 heavy (non-hydrogen) atoms. The summed E-state index contributed by atoms with van der Waals surface area (Å²) in [4.78, 5) is 11.7. The fraction of sp³-hybridized carbons (Fsp3) is 0.458. The molecule has 0 aliphatic rings. The first-order valence-corrected chi connectivity index (χ1v) is 12.5. The third kappa shape index (κ3) is 7.37. The molecule has 0 heterocycles. The minimum Gasteiger partial charge on any atom is -0.465 e. The zero-order valence-corrected chi connectivity index (χ0v) is 22.5. The molecular formula is C24H30I2O4. The van der Waals surface area contributed by atoms with Crippen molar-refractivity contribution in [3.8, 4) is 11.5 Å². The van der Waals surface area contributed by atoms with E-state index in [0.29, 0.717) is 24.2 Å². The Morgan fingerprint density at radius 3 is 2.30 bits per heavy atom. The lowest BCUT2D eigenvalue weighted by molar-refractivity contribution is -0.132. The summed E-state index contributed by atoms with van der Waals surface area (Å²) in [5.41, 5.74) is 2.38. The van der Waals surface area contributed by atoms with E-state index in [1.165, 1.54) is 12.5 Å². The summed E-state index contributed by atoms with van der Waals surface area (Å²) in [5.74, 6) is 1.88. The third-order valence-electron chi connectivity index (χ3n) is 5.01. The number of esters is 1. The number of ether oxygens (including phenoxy) is 3.